The summed E-state index contributed by atoms with van der Waals surface area (Å²) in [5.41, 5.74) is 13.9. The van der Waals surface area contributed by atoms with Crippen LogP contribution in [-0.4, -0.2) is 26.6 Å². The van der Waals surface area contributed by atoms with Gasteiger partial charge in [-0.2, -0.15) is 15.0 Å². The molecule has 0 aliphatic rings. The van der Waals surface area contributed by atoms with Crippen LogP contribution in [0.2, 0.25) is 0 Å². The van der Waals surface area contributed by atoms with Gasteiger partial charge in [0, 0.05) is 5.69 Å². The predicted molar refractivity (Wildman–Crippen MR) is 83.9 cm³/mol. The van der Waals surface area contributed by atoms with Gasteiger partial charge in [0.25, 0.3) is 0 Å². The van der Waals surface area contributed by atoms with Crippen molar-refractivity contribution in [1.82, 2.24) is 15.0 Å². The minimum atomic E-state index is -0.149. The van der Waals surface area contributed by atoms with E-state index in [1.54, 1.807) is 0 Å². The number of aryl methyl sites for hydroxylation is 2. The summed E-state index contributed by atoms with van der Waals surface area (Å²) < 4.78 is 0. The van der Waals surface area contributed by atoms with Crippen LogP contribution in [0.5, 0.6) is 0 Å². The molecule has 2 rings (SSSR count). The predicted octanol–water partition coefficient (Wildman–Crippen LogP) is 1.38. The molecule has 8 heteroatoms. The van der Waals surface area contributed by atoms with Gasteiger partial charge in [-0.15, -0.1) is 0 Å². The second-order valence-corrected chi connectivity index (χ2v) is 5.43. The van der Waals surface area contributed by atoms with Gasteiger partial charge in [-0.25, -0.2) is 0 Å². The number of thioether (sulfide) groups is 1. The zero-order valence-corrected chi connectivity index (χ0v) is 12.6. The number of nitrogen functional groups attached to an aromatic ring is 2. The van der Waals surface area contributed by atoms with E-state index in [4.69, 9.17) is 11.5 Å². The number of carbonyl (C=O) groups is 1. The van der Waals surface area contributed by atoms with E-state index >= 15 is 0 Å². The Bertz CT molecular complexity index is 655. The van der Waals surface area contributed by atoms with Gasteiger partial charge in [-0.05, 0) is 25.5 Å². The fourth-order valence-electron chi connectivity index (χ4n) is 1.72. The summed E-state index contributed by atoms with van der Waals surface area (Å²) in [5.74, 6) is 0.0972. The van der Waals surface area contributed by atoms with Gasteiger partial charge in [-0.1, -0.05) is 29.5 Å². The van der Waals surface area contributed by atoms with Crippen LogP contribution in [0.15, 0.2) is 23.4 Å². The van der Waals surface area contributed by atoms with Crippen molar-refractivity contribution in [3.63, 3.8) is 0 Å². The largest absolute Gasteiger partial charge is 0.368 e. The van der Waals surface area contributed by atoms with Crippen LogP contribution in [0.25, 0.3) is 0 Å². The number of aromatic nitrogens is 3. The molecule has 0 saturated carbocycles. The molecule has 110 valence electrons. The Kier molecular flexibility index (Phi) is 4.59. The molecule has 0 aliphatic heterocycles. The molecule has 1 heterocycles. The molecule has 0 atom stereocenters. The summed E-state index contributed by atoms with van der Waals surface area (Å²) in [5, 5.41) is 3.17. The third-order valence-electron chi connectivity index (χ3n) is 2.64. The minimum absolute atomic E-state index is 0.0415. The number of rotatable bonds is 4. The van der Waals surface area contributed by atoms with Gasteiger partial charge in [-0.3, -0.25) is 4.79 Å². The first-order valence-electron chi connectivity index (χ1n) is 6.21. The summed E-state index contributed by atoms with van der Waals surface area (Å²) in [6, 6.07) is 5.84. The first kappa shape index (κ1) is 15.0. The van der Waals surface area contributed by atoms with Gasteiger partial charge < -0.3 is 16.8 Å². The van der Waals surface area contributed by atoms with E-state index in [2.05, 4.69) is 20.3 Å². The lowest BCUT2D eigenvalue weighted by atomic mass is 10.1. The van der Waals surface area contributed by atoms with Crippen molar-refractivity contribution >= 4 is 35.3 Å². The first-order valence-corrected chi connectivity index (χ1v) is 7.19. The second-order valence-electron chi connectivity index (χ2n) is 4.49. The van der Waals surface area contributed by atoms with Gasteiger partial charge >= 0.3 is 0 Å². The number of carbonyl (C=O) groups excluding carboxylic acids is 1. The number of hydrogen-bond donors (Lipinski definition) is 3. The van der Waals surface area contributed by atoms with Gasteiger partial charge in [0.2, 0.25) is 17.8 Å². The van der Waals surface area contributed by atoms with Crippen LogP contribution in [0.1, 0.15) is 11.1 Å². The Balaban J connectivity index is 1.95. The second kappa shape index (κ2) is 6.40. The molecule has 0 spiro atoms. The standard InChI is InChI=1S/C13H16N6OS/c1-7-3-4-9(8(2)5-7)16-10(20)6-21-13-18-11(14)17-12(15)19-13/h3-5H,6H2,1-2H3,(H,16,20)(H4,14,15,17,18,19). The first-order chi connectivity index (χ1) is 9.94. The van der Waals surface area contributed by atoms with Crippen molar-refractivity contribution in [1.29, 1.82) is 0 Å². The summed E-state index contributed by atoms with van der Waals surface area (Å²) >= 11 is 1.15. The fourth-order valence-corrected chi connectivity index (χ4v) is 2.37. The Labute approximate surface area is 126 Å². The van der Waals surface area contributed by atoms with Crippen LogP contribution in [0.3, 0.4) is 0 Å². The van der Waals surface area contributed by atoms with Crippen molar-refractivity contribution < 1.29 is 4.79 Å². The Morgan fingerprint density at radius 1 is 1.19 bits per heavy atom. The Morgan fingerprint density at radius 2 is 1.86 bits per heavy atom. The van der Waals surface area contributed by atoms with E-state index in [1.807, 2.05) is 32.0 Å². The van der Waals surface area contributed by atoms with E-state index in [0.29, 0.717) is 5.16 Å². The minimum Gasteiger partial charge on any atom is -0.368 e. The maximum Gasteiger partial charge on any atom is 0.234 e. The Morgan fingerprint density at radius 3 is 2.48 bits per heavy atom. The molecule has 1 aromatic carbocycles. The van der Waals surface area contributed by atoms with Crippen LogP contribution in [-0.2, 0) is 4.79 Å². The molecule has 0 unspecified atom stereocenters. The van der Waals surface area contributed by atoms with Crippen molar-refractivity contribution in [3.8, 4) is 0 Å². The Hall–Kier alpha value is -2.35. The monoisotopic (exact) mass is 304 g/mol. The highest BCUT2D eigenvalue weighted by Crippen LogP contribution is 2.18. The summed E-state index contributed by atoms with van der Waals surface area (Å²) in [6.07, 6.45) is 0. The lowest BCUT2D eigenvalue weighted by Crippen LogP contribution is -2.15. The summed E-state index contributed by atoms with van der Waals surface area (Å²) in [7, 11) is 0. The lowest BCUT2D eigenvalue weighted by molar-refractivity contribution is -0.113. The molecule has 21 heavy (non-hydrogen) atoms. The number of amides is 1. The molecule has 0 saturated heterocycles. The summed E-state index contributed by atoms with van der Waals surface area (Å²) in [6.45, 7) is 3.95. The molecule has 0 fully saturated rings. The molecule has 0 bridgehead atoms. The van der Waals surface area contributed by atoms with E-state index < -0.39 is 0 Å². The average Bonchev–Trinajstić information content (AvgIpc) is 2.39. The van der Waals surface area contributed by atoms with Crippen LogP contribution >= 0.6 is 11.8 Å². The van der Waals surface area contributed by atoms with Crippen molar-refractivity contribution in [2.75, 3.05) is 22.5 Å². The van der Waals surface area contributed by atoms with Gasteiger partial charge in [0.15, 0.2) is 5.16 Å². The van der Waals surface area contributed by atoms with Gasteiger partial charge in [0.1, 0.15) is 0 Å². The van der Waals surface area contributed by atoms with E-state index in [0.717, 1.165) is 28.6 Å². The molecule has 0 radical (unpaired) electrons. The maximum atomic E-state index is 11.9. The molecule has 7 nitrogen and oxygen atoms in total. The van der Waals surface area contributed by atoms with Crippen molar-refractivity contribution in [3.05, 3.63) is 29.3 Å². The number of nitrogens with zero attached hydrogens (tertiary/aromatic N) is 3. The molecular formula is C13H16N6OS. The third kappa shape index (κ3) is 4.32. The molecule has 5 N–H and O–H groups in total. The zero-order chi connectivity index (χ0) is 15.4. The zero-order valence-electron chi connectivity index (χ0n) is 11.8. The molecule has 0 aliphatic carbocycles. The number of benzene rings is 1. The molecular weight excluding hydrogens is 288 g/mol. The third-order valence-corrected chi connectivity index (χ3v) is 3.49. The number of hydrogen-bond acceptors (Lipinski definition) is 7. The highest BCUT2D eigenvalue weighted by Gasteiger charge is 2.08. The average molecular weight is 304 g/mol. The molecule has 2 aromatic rings. The SMILES string of the molecule is Cc1ccc(NC(=O)CSc2nc(N)nc(N)n2)c(C)c1. The maximum absolute atomic E-state index is 11.9. The highest BCUT2D eigenvalue weighted by molar-refractivity contribution is 7.99. The van der Waals surface area contributed by atoms with Crippen LogP contribution in [0.4, 0.5) is 17.6 Å². The van der Waals surface area contributed by atoms with E-state index in [1.165, 1.54) is 0 Å². The molecule has 1 aromatic heterocycles. The topological polar surface area (TPSA) is 120 Å². The highest BCUT2D eigenvalue weighted by atomic mass is 32.2. The molecule has 1 amide bonds. The number of nitrogens with two attached hydrogens (primary N) is 2. The van der Waals surface area contributed by atoms with E-state index in [9.17, 15) is 4.79 Å². The smallest absolute Gasteiger partial charge is 0.234 e. The van der Waals surface area contributed by atoms with Crippen LogP contribution < -0.4 is 16.8 Å². The quantitative estimate of drug-likeness (QED) is 0.730. The van der Waals surface area contributed by atoms with E-state index in [-0.39, 0.29) is 23.6 Å². The normalized spacial score (nSPS) is 10.4. The summed E-state index contributed by atoms with van der Waals surface area (Å²) in [4.78, 5) is 23.4. The lowest BCUT2D eigenvalue weighted by Gasteiger charge is -2.08. The van der Waals surface area contributed by atoms with Crippen molar-refractivity contribution in [2.24, 2.45) is 0 Å². The number of nitrogens with one attached hydrogen (secondary N) is 1. The van der Waals surface area contributed by atoms with Crippen molar-refractivity contribution in [2.45, 2.75) is 19.0 Å². The van der Waals surface area contributed by atoms with Crippen LogP contribution in [0, 0.1) is 13.8 Å². The fraction of sp³-hybridized carbons (Fsp3) is 0.231. The number of anilines is 3. The van der Waals surface area contributed by atoms with Gasteiger partial charge in [0.05, 0.1) is 5.75 Å².